The third-order valence-electron chi connectivity index (χ3n) is 3.67. The Morgan fingerprint density at radius 3 is 3.05 bits per heavy atom. The second-order valence-electron chi connectivity index (χ2n) is 5.05. The first-order chi connectivity index (χ1) is 9.25. The summed E-state index contributed by atoms with van der Waals surface area (Å²) in [5, 5.41) is 13.1. The maximum absolute atomic E-state index is 9.74. The van der Waals surface area contributed by atoms with Crippen LogP contribution in [0.5, 0.6) is 11.5 Å². The van der Waals surface area contributed by atoms with Crippen molar-refractivity contribution in [3.05, 3.63) is 18.2 Å². The summed E-state index contributed by atoms with van der Waals surface area (Å²) in [4.78, 5) is 2.25. The van der Waals surface area contributed by atoms with Crippen molar-refractivity contribution in [1.29, 1.82) is 0 Å². The molecule has 0 amide bonds. The molecule has 2 N–H and O–H groups in total. The lowest BCUT2D eigenvalue weighted by atomic mass is 10.1. The van der Waals surface area contributed by atoms with E-state index in [-0.39, 0.29) is 12.1 Å². The largest absolute Gasteiger partial charge is 0.486 e. The van der Waals surface area contributed by atoms with Gasteiger partial charge in [-0.1, -0.05) is 6.07 Å². The number of ether oxygens (including phenoxy) is 2. The number of aliphatic hydroxyl groups is 1. The van der Waals surface area contributed by atoms with Crippen LogP contribution in [0.1, 0.15) is 6.92 Å². The third kappa shape index (κ3) is 2.48. The number of para-hydroxylation sites is 1. The fourth-order valence-corrected chi connectivity index (χ4v) is 2.63. The minimum Gasteiger partial charge on any atom is -0.486 e. The van der Waals surface area contributed by atoms with E-state index in [4.69, 9.17) is 9.47 Å². The molecular formula is C14H20N2O3. The van der Waals surface area contributed by atoms with Crippen molar-refractivity contribution >= 4 is 5.69 Å². The number of nitrogens with one attached hydrogen (secondary N) is 1. The van der Waals surface area contributed by atoms with E-state index in [1.54, 1.807) is 0 Å². The Morgan fingerprint density at radius 1 is 1.37 bits per heavy atom. The van der Waals surface area contributed by atoms with Crippen molar-refractivity contribution in [1.82, 2.24) is 5.32 Å². The lowest BCUT2D eigenvalue weighted by Crippen LogP contribution is -2.55. The molecular weight excluding hydrogens is 244 g/mol. The second-order valence-corrected chi connectivity index (χ2v) is 5.05. The van der Waals surface area contributed by atoms with Gasteiger partial charge in [0, 0.05) is 19.6 Å². The Bertz CT molecular complexity index is 450. The summed E-state index contributed by atoms with van der Waals surface area (Å²) in [5.74, 6) is 1.65. The summed E-state index contributed by atoms with van der Waals surface area (Å²) in [7, 11) is 0. The van der Waals surface area contributed by atoms with E-state index >= 15 is 0 Å². The summed E-state index contributed by atoms with van der Waals surface area (Å²) < 4.78 is 11.4. The number of hydrogen-bond donors (Lipinski definition) is 2. The number of rotatable bonds is 2. The van der Waals surface area contributed by atoms with Crippen LogP contribution in [-0.2, 0) is 0 Å². The van der Waals surface area contributed by atoms with Crippen LogP contribution in [0.25, 0.3) is 0 Å². The van der Waals surface area contributed by atoms with Gasteiger partial charge in [0.05, 0.1) is 17.8 Å². The molecule has 0 aliphatic carbocycles. The lowest BCUT2D eigenvalue weighted by molar-refractivity contribution is 0.140. The smallest absolute Gasteiger partial charge is 0.184 e. The molecule has 0 aromatic heterocycles. The Morgan fingerprint density at radius 2 is 2.21 bits per heavy atom. The molecule has 5 nitrogen and oxygen atoms in total. The van der Waals surface area contributed by atoms with E-state index in [1.165, 1.54) is 0 Å². The molecule has 104 valence electrons. The molecule has 1 aromatic rings. The van der Waals surface area contributed by atoms with Crippen molar-refractivity contribution in [3.8, 4) is 11.5 Å². The van der Waals surface area contributed by atoms with Crippen molar-refractivity contribution in [2.75, 3.05) is 37.7 Å². The van der Waals surface area contributed by atoms with Crippen LogP contribution in [0.2, 0.25) is 0 Å². The van der Waals surface area contributed by atoms with Gasteiger partial charge in [-0.2, -0.15) is 0 Å². The Labute approximate surface area is 113 Å². The zero-order valence-electron chi connectivity index (χ0n) is 11.1. The van der Waals surface area contributed by atoms with Gasteiger partial charge >= 0.3 is 0 Å². The fourth-order valence-electron chi connectivity index (χ4n) is 2.63. The van der Waals surface area contributed by atoms with Gasteiger partial charge in [0.1, 0.15) is 13.2 Å². The number of benzene rings is 1. The van der Waals surface area contributed by atoms with Gasteiger partial charge in [-0.3, -0.25) is 0 Å². The van der Waals surface area contributed by atoms with E-state index in [2.05, 4.69) is 16.3 Å². The van der Waals surface area contributed by atoms with Gasteiger partial charge in [-0.05, 0) is 19.1 Å². The summed E-state index contributed by atoms with van der Waals surface area (Å²) in [6.45, 7) is 5.56. The standard InChI is InChI=1S/C14H20N2O3/c1-10(17)11-9-16(6-5-15-11)12-3-2-4-13-14(12)19-8-7-18-13/h2-4,10-11,15,17H,5-9H2,1H3. The molecule has 1 saturated heterocycles. The molecule has 1 fully saturated rings. The molecule has 3 rings (SSSR count). The number of aliphatic hydroxyl groups excluding tert-OH is 1. The van der Waals surface area contributed by atoms with E-state index in [0.29, 0.717) is 13.2 Å². The van der Waals surface area contributed by atoms with Gasteiger partial charge in [-0.15, -0.1) is 0 Å². The zero-order valence-corrected chi connectivity index (χ0v) is 11.1. The van der Waals surface area contributed by atoms with Crippen molar-refractivity contribution in [3.63, 3.8) is 0 Å². The average molecular weight is 264 g/mol. The SMILES string of the molecule is CC(O)C1CN(c2cccc3c2OCCO3)CCN1. The average Bonchev–Trinajstić information content (AvgIpc) is 2.47. The Balaban J connectivity index is 1.85. The summed E-state index contributed by atoms with van der Waals surface area (Å²) in [6, 6.07) is 6.07. The van der Waals surface area contributed by atoms with Crippen molar-refractivity contribution in [2.45, 2.75) is 19.1 Å². The minimum atomic E-state index is -0.362. The van der Waals surface area contributed by atoms with Gasteiger partial charge in [-0.25, -0.2) is 0 Å². The number of fused-ring (bicyclic) bond motifs is 1. The highest BCUT2D eigenvalue weighted by Crippen LogP contribution is 2.39. The van der Waals surface area contributed by atoms with E-state index in [1.807, 2.05) is 19.1 Å². The maximum atomic E-state index is 9.74. The first-order valence-electron chi connectivity index (χ1n) is 6.81. The molecule has 2 aliphatic heterocycles. The van der Waals surface area contributed by atoms with Gasteiger partial charge in [0.25, 0.3) is 0 Å². The summed E-state index contributed by atoms with van der Waals surface area (Å²) >= 11 is 0. The highest BCUT2D eigenvalue weighted by Gasteiger charge is 2.26. The Hall–Kier alpha value is -1.46. The molecule has 19 heavy (non-hydrogen) atoms. The molecule has 1 aromatic carbocycles. The Kier molecular flexibility index (Phi) is 3.48. The second kappa shape index (κ2) is 5.27. The zero-order chi connectivity index (χ0) is 13.2. The molecule has 0 radical (unpaired) electrons. The first kappa shape index (κ1) is 12.6. The van der Waals surface area contributed by atoms with E-state index < -0.39 is 0 Å². The van der Waals surface area contributed by atoms with Crippen LogP contribution in [0.15, 0.2) is 18.2 Å². The van der Waals surface area contributed by atoms with Gasteiger partial charge in [0.2, 0.25) is 0 Å². The van der Waals surface area contributed by atoms with Crippen LogP contribution >= 0.6 is 0 Å². The number of piperazine rings is 1. The molecule has 0 spiro atoms. The highest BCUT2D eigenvalue weighted by atomic mass is 16.6. The predicted molar refractivity (Wildman–Crippen MR) is 73.1 cm³/mol. The fraction of sp³-hybridized carbons (Fsp3) is 0.571. The van der Waals surface area contributed by atoms with Crippen LogP contribution < -0.4 is 19.7 Å². The summed E-state index contributed by atoms with van der Waals surface area (Å²) in [5.41, 5.74) is 1.06. The number of anilines is 1. The lowest BCUT2D eigenvalue weighted by Gasteiger charge is -2.37. The molecule has 2 unspecified atom stereocenters. The molecule has 2 heterocycles. The molecule has 5 heteroatoms. The van der Waals surface area contributed by atoms with Gasteiger partial charge in [0.15, 0.2) is 11.5 Å². The van der Waals surface area contributed by atoms with Crippen molar-refractivity contribution < 1.29 is 14.6 Å². The van der Waals surface area contributed by atoms with Crippen LogP contribution in [0.4, 0.5) is 5.69 Å². The highest BCUT2D eigenvalue weighted by molar-refractivity contribution is 5.65. The quantitative estimate of drug-likeness (QED) is 0.820. The van der Waals surface area contributed by atoms with Crippen LogP contribution in [0.3, 0.4) is 0 Å². The topological polar surface area (TPSA) is 54.0 Å². The van der Waals surface area contributed by atoms with Crippen LogP contribution in [0, 0.1) is 0 Å². The first-order valence-corrected chi connectivity index (χ1v) is 6.81. The van der Waals surface area contributed by atoms with E-state index in [9.17, 15) is 5.11 Å². The predicted octanol–water partition coefficient (Wildman–Crippen LogP) is 0.617. The van der Waals surface area contributed by atoms with Crippen molar-refractivity contribution in [2.24, 2.45) is 0 Å². The summed E-state index contributed by atoms with van der Waals surface area (Å²) in [6.07, 6.45) is -0.362. The molecule has 0 saturated carbocycles. The number of hydrogen-bond acceptors (Lipinski definition) is 5. The molecule has 2 aliphatic rings. The third-order valence-corrected chi connectivity index (χ3v) is 3.67. The number of nitrogens with zero attached hydrogens (tertiary/aromatic N) is 1. The monoisotopic (exact) mass is 264 g/mol. The normalized spacial score (nSPS) is 24.1. The molecule has 0 bridgehead atoms. The minimum absolute atomic E-state index is 0.0918. The molecule has 2 atom stereocenters. The van der Waals surface area contributed by atoms with Gasteiger partial charge < -0.3 is 24.8 Å². The van der Waals surface area contributed by atoms with Crippen LogP contribution in [-0.4, -0.2) is 50.1 Å². The maximum Gasteiger partial charge on any atom is 0.184 e. The van der Waals surface area contributed by atoms with E-state index in [0.717, 1.165) is 36.8 Å².